The van der Waals surface area contributed by atoms with Crippen LogP contribution in [0.15, 0.2) is 0 Å². The number of Topliss-reactive ketones (excluding diaryl/α,β-unsaturated/α-hetero) is 2. The fourth-order valence-corrected chi connectivity index (χ4v) is 0.721. The summed E-state index contributed by atoms with van der Waals surface area (Å²) in [5, 5.41) is 0. The molecule has 0 heterocycles. The fraction of sp³-hybridized carbons (Fsp3) is 0.600. The standard InChI is InChI=1S/C10H14O6/c1-5(2)15-9(13)7(11)8(12)10(14)16-6(3)4/h5-6H,1-4H3. The molecule has 0 aromatic carbocycles. The van der Waals surface area contributed by atoms with Gasteiger partial charge in [-0.25, -0.2) is 9.59 Å². The van der Waals surface area contributed by atoms with Gasteiger partial charge in [-0.15, -0.1) is 0 Å². The Morgan fingerprint density at radius 2 is 0.938 bits per heavy atom. The number of esters is 2. The first-order chi connectivity index (χ1) is 7.25. The molecule has 0 aliphatic carbocycles. The molecule has 0 bridgehead atoms. The van der Waals surface area contributed by atoms with Crippen molar-refractivity contribution >= 4 is 23.5 Å². The van der Waals surface area contributed by atoms with Gasteiger partial charge in [0.05, 0.1) is 12.2 Å². The molecule has 0 spiro atoms. The van der Waals surface area contributed by atoms with Crippen LogP contribution in [0.5, 0.6) is 0 Å². The second-order valence-corrected chi connectivity index (χ2v) is 3.57. The zero-order valence-corrected chi connectivity index (χ0v) is 9.60. The predicted octanol–water partition coefficient (Wildman–Crippen LogP) is 0.0278. The Kier molecular flexibility index (Phi) is 5.35. The lowest BCUT2D eigenvalue weighted by Gasteiger charge is -2.07. The van der Waals surface area contributed by atoms with E-state index in [0.717, 1.165) is 0 Å². The Hall–Kier alpha value is -1.72. The van der Waals surface area contributed by atoms with Crippen molar-refractivity contribution in [2.45, 2.75) is 39.9 Å². The van der Waals surface area contributed by atoms with Gasteiger partial charge in [-0.05, 0) is 27.7 Å². The van der Waals surface area contributed by atoms with Crippen LogP contribution in [-0.4, -0.2) is 35.7 Å². The van der Waals surface area contributed by atoms with Crippen LogP contribution >= 0.6 is 0 Å². The second kappa shape index (κ2) is 5.99. The molecule has 0 aromatic rings. The molecular weight excluding hydrogens is 216 g/mol. The SMILES string of the molecule is CC(C)OC(=O)C(=O)C(=O)C(=O)OC(C)C. The molecule has 0 saturated carbocycles. The third kappa shape index (κ3) is 4.68. The Morgan fingerprint density at radius 1 is 0.688 bits per heavy atom. The minimum atomic E-state index is -1.51. The van der Waals surface area contributed by atoms with Crippen LogP contribution in [0.1, 0.15) is 27.7 Å². The maximum absolute atomic E-state index is 11.1. The largest absolute Gasteiger partial charge is 0.457 e. The quantitative estimate of drug-likeness (QED) is 0.376. The van der Waals surface area contributed by atoms with E-state index in [2.05, 4.69) is 9.47 Å². The molecule has 0 aliphatic heterocycles. The van der Waals surface area contributed by atoms with Crippen molar-refractivity contribution in [3.05, 3.63) is 0 Å². The van der Waals surface area contributed by atoms with Crippen molar-refractivity contribution in [2.75, 3.05) is 0 Å². The van der Waals surface area contributed by atoms with Crippen LogP contribution in [0.25, 0.3) is 0 Å². The third-order valence-electron chi connectivity index (χ3n) is 1.26. The van der Waals surface area contributed by atoms with E-state index in [1.807, 2.05) is 0 Å². The maximum Gasteiger partial charge on any atom is 0.383 e. The Morgan fingerprint density at radius 3 is 1.12 bits per heavy atom. The lowest BCUT2D eigenvalue weighted by Crippen LogP contribution is -2.35. The van der Waals surface area contributed by atoms with Gasteiger partial charge >= 0.3 is 23.5 Å². The van der Waals surface area contributed by atoms with Gasteiger partial charge in [0, 0.05) is 0 Å². The first kappa shape index (κ1) is 14.3. The van der Waals surface area contributed by atoms with Gasteiger partial charge in [-0.1, -0.05) is 0 Å². The lowest BCUT2D eigenvalue weighted by molar-refractivity contribution is -0.166. The zero-order chi connectivity index (χ0) is 12.9. The minimum absolute atomic E-state index is 0.537. The van der Waals surface area contributed by atoms with E-state index in [4.69, 9.17) is 0 Å². The van der Waals surface area contributed by atoms with E-state index >= 15 is 0 Å². The number of ketones is 2. The van der Waals surface area contributed by atoms with Crippen LogP contribution in [0.3, 0.4) is 0 Å². The summed E-state index contributed by atoms with van der Waals surface area (Å²) in [6.45, 7) is 6.06. The number of hydrogen-bond donors (Lipinski definition) is 0. The molecule has 0 aromatic heterocycles. The van der Waals surface area contributed by atoms with Gasteiger partial charge in [0.15, 0.2) is 0 Å². The highest BCUT2D eigenvalue weighted by atomic mass is 16.6. The molecule has 0 N–H and O–H groups in total. The van der Waals surface area contributed by atoms with Crippen molar-refractivity contribution in [3.8, 4) is 0 Å². The topological polar surface area (TPSA) is 86.7 Å². The normalized spacial score (nSPS) is 10.1. The molecule has 0 rings (SSSR count). The number of ether oxygens (including phenoxy) is 2. The van der Waals surface area contributed by atoms with Gasteiger partial charge in [0.1, 0.15) is 0 Å². The number of rotatable bonds is 5. The molecule has 0 atom stereocenters. The molecule has 0 aliphatic rings. The molecule has 0 radical (unpaired) electrons. The van der Waals surface area contributed by atoms with Crippen LogP contribution in [-0.2, 0) is 28.7 Å². The Labute approximate surface area is 92.9 Å². The van der Waals surface area contributed by atoms with Crippen molar-refractivity contribution < 1.29 is 28.7 Å². The van der Waals surface area contributed by atoms with Crippen molar-refractivity contribution in [1.82, 2.24) is 0 Å². The molecular formula is C10H14O6. The van der Waals surface area contributed by atoms with Crippen molar-refractivity contribution in [2.24, 2.45) is 0 Å². The first-order valence-corrected chi connectivity index (χ1v) is 4.76. The smallest absolute Gasteiger partial charge is 0.383 e. The maximum atomic E-state index is 11.1. The molecule has 0 amide bonds. The average molecular weight is 230 g/mol. The fourth-order valence-electron chi connectivity index (χ4n) is 0.721. The number of carbonyl (C=O) groups is 4. The molecule has 90 valence electrons. The van der Waals surface area contributed by atoms with Gasteiger partial charge < -0.3 is 9.47 Å². The summed E-state index contributed by atoms with van der Waals surface area (Å²) in [5.41, 5.74) is 0. The molecule has 16 heavy (non-hydrogen) atoms. The molecule has 0 fully saturated rings. The third-order valence-corrected chi connectivity index (χ3v) is 1.26. The van der Waals surface area contributed by atoms with Gasteiger partial charge in [-0.3, -0.25) is 9.59 Å². The molecule has 6 heteroatoms. The Balaban J connectivity index is 4.44. The predicted molar refractivity (Wildman–Crippen MR) is 52.5 cm³/mol. The van der Waals surface area contributed by atoms with E-state index in [9.17, 15) is 19.2 Å². The first-order valence-electron chi connectivity index (χ1n) is 4.76. The molecule has 0 saturated heterocycles. The summed E-state index contributed by atoms with van der Waals surface area (Å²) in [7, 11) is 0. The van der Waals surface area contributed by atoms with Gasteiger partial charge in [0.25, 0.3) is 0 Å². The zero-order valence-electron chi connectivity index (χ0n) is 9.60. The summed E-state index contributed by atoms with van der Waals surface area (Å²) in [4.78, 5) is 44.1. The minimum Gasteiger partial charge on any atom is -0.457 e. The van der Waals surface area contributed by atoms with E-state index in [-0.39, 0.29) is 0 Å². The van der Waals surface area contributed by atoms with Gasteiger partial charge in [0.2, 0.25) is 0 Å². The monoisotopic (exact) mass is 230 g/mol. The van der Waals surface area contributed by atoms with Crippen molar-refractivity contribution in [3.63, 3.8) is 0 Å². The lowest BCUT2D eigenvalue weighted by atomic mass is 10.2. The summed E-state index contributed by atoms with van der Waals surface area (Å²) >= 11 is 0. The molecule has 6 nitrogen and oxygen atoms in total. The summed E-state index contributed by atoms with van der Waals surface area (Å²) < 4.78 is 8.94. The van der Waals surface area contributed by atoms with E-state index in [0.29, 0.717) is 0 Å². The van der Waals surface area contributed by atoms with E-state index in [1.54, 1.807) is 0 Å². The number of carbonyl (C=O) groups excluding carboxylic acids is 4. The van der Waals surface area contributed by atoms with Crippen LogP contribution in [0.4, 0.5) is 0 Å². The van der Waals surface area contributed by atoms with Crippen LogP contribution in [0, 0.1) is 0 Å². The highest BCUT2D eigenvalue weighted by molar-refractivity contribution is 6.76. The summed E-state index contributed by atoms with van der Waals surface area (Å²) in [6.07, 6.45) is -1.07. The highest BCUT2D eigenvalue weighted by Crippen LogP contribution is 1.95. The Bertz CT molecular complexity index is 283. The highest BCUT2D eigenvalue weighted by Gasteiger charge is 2.32. The average Bonchev–Trinajstić information content (AvgIpc) is 2.13. The van der Waals surface area contributed by atoms with Crippen LogP contribution in [0.2, 0.25) is 0 Å². The van der Waals surface area contributed by atoms with Gasteiger partial charge in [-0.2, -0.15) is 0 Å². The van der Waals surface area contributed by atoms with E-state index in [1.165, 1.54) is 27.7 Å². The van der Waals surface area contributed by atoms with Crippen LogP contribution < -0.4 is 0 Å². The summed E-state index contributed by atoms with van der Waals surface area (Å²) in [5.74, 6) is -5.72. The number of hydrogen-bond acceptors (Lipinski definition) is 6. The van der Waals surface area contributed by atoms with Crippen molar-refractivity contribution in [1.29, 1.82) is 0 Å². The second-order valence-electron chi connectivity index (χ2n) is 3.57. The van der Waals surface area contributed by atoms with E-state index < -0.39 is 35.7 Å². The molecule has 0 unspecified atom stereocenters. The summed E-state index contributed by atoms with van der Waals surface area (Å²) in [6, 6.07) is 0.